The lowest BCUT2D eigenvalue weighted by Gasteiger charge is -2.78. The molecule has 5 rings (SSSR count). The van der Waals surface area contributed by atoms with Crippen LogP contribution in [0.1, 0.15) is 70.1 Å². The van der Waals surface area contributed by atoms with E-state index in [1.807, 2.05) is 20.8 Å². The Kier molecular flexibility index (Phi) is 3.24. The molecule has 1 aromatic carbocycles. The number of fused-ring (bicyclic) bond motifs is 2. The molecule has 3 heteroatoms. The van der Waals surface area contributed by atoms with E-state index >= 15 is 0 Å². The first-order valence-corrected chi connectivity index (χ1v) is 10.4. The monoisotopic (exact) mass is 353 g/mol. The molecule has 140 valence electrons. The van der Waals surface area contributed by atoms with Gasteiger partial charge in [0.1, 0.15) is 5.60 Å². The molecule has 2 spiro atoms. The largest absolute Gasteiger partial charge is 0.444 e. The van der Waals surface area contributed by atoms with Crippen molar-refractivity contribution in [1.82, 2.24) is 4.90 Å². The van der Waals surface area contributed by atoms with Crippen LogP contribution in [0.15, 0.2) is 18.2 Å². The van der Waals surface area contributed by atoms with Gasteiger partial charge in [-0.3, -0.25) is 0 Å². The van der Waals surface area contributed by atoms with Gasteiger partial charge in [-0.25, -0.2) is 4.79 Å². The maximum Gasteiger partial charge on any atom is 0.410 e. The van der Waals surface area contributed by atoms with Crippen molar-refractivity contribution in [3.8, 4) is 0 Å². The van der Waals surface area contributed by atoms with Crippen LogP contribution in [-0.2, 0) is 23.0 Å². The summed E-state index contributed by atoms with van der Waals surface area (Å²) >= 11 is 0. The molecule has 1 aromatic rings. The highest BCUT2D eigenvalue weighted by molar-refractivity contribution is 5.73. The van der Waals surface area contributed by atoms with Crippen molar-refractivity contribution >= 4 is 6.09 Å². The zero-order valence-corrected chi connectivity index (χ0v) is 16.6. The molecule has 2 saturated carbocycles. The molecule has 0 aromatic heterocycles. The Bertz CT molecular complexity index is 779. The Hall–Kier alpha value is -1.51. The van der Waals surface area contributed by atoms with Crippen molar-refractivity contribution in [2.24, 2.45) is 11.3 Å². The van der Waals surface area contributed by atoms with Crippen molar-refractivity contribution in [1.29, 1.82) is 0 Å². The number of ether oxygens (including phenoxy) is 1. The standard InChI is InChI=1S/C23H31NO2/c1-5-15-9-10-16-13-22-14-24(20(25)26-21(2,3)4)19(22)17-8-6-7-11-23(17,22)18(16)12-15/h9-10,12,17,19H,5-8,11,13-14H2,1-4H3. The van der Waals surface area contributed by atoms with E-state index in [1.165, 1.54) is 31.2 Å². The zero-order chi connectivity index (χ0) is 18.3. The molecular formula is C23H31NO2. The third kappa shape index (κ3) is 1.82. The van der Waals surface area contributed by atoms with Crippen LogP contribution in [0.2, 0.25) is 0 Å². The van der Waals surface area contributed by atoms with Crippen molar-refractivity contribution in [2.75, 3.05) is 6.54 Å². The molecule has 1 aliphatic heterocycles. The minimum Gasteiger partial charge on any atom is -0.444 e. The summed E-state index contributed by atoms with van der Waals surface area (Å²) in [6, 6.07) is 7.60. The third-order valence-electron chi connectivity index (χ3n) is 7.79. The summed E-state index contributed by atoms with van der Waals surface area (Å²) in [5.74, 6) is 0.630. The fourth-order valence-electron chi connectivity index (χ4n) is 7.01. The van der Waals surface area contributed by atoms with Crippen molar-refractivity contribution in [2.45, 2.75) is 83.3 Å². The van der Waals surface area contributed by atoms with Crippen LogP contribution in [0.25, 0.3) is 0 Å². The minimum atomic E-state index is -0.415. The predicted molar refractivity (Wildman–Crippen MR) is 102 cm³/mol. The number of hydrogen-bond donors (Lipinski definition) is 0. The molecular weight excluding hydrogens is 322 g/mol. The molecule has 1 heterocycles. The molecule has 1 amide bonds. The van der Waals surface area contributed by atoms with E-state index < -0.39 is 5.60 Å². The van der Waals surface area contributed by atoms with Gasteiger partial charge in [0.15, 0.2) is 0 Å². The van der Waals surface area contributed by atoms with Crippen molar-refractivity contribution in [3.63, 3.8) is 0 Å². The van der Waals surface area contributed by atoms with Gasteiger partial charge in [0.25, 0.3) is 0 Å². The first-order chi connectivity index (χ1) is 12.3. The maximum absolute atomic E-state index is 12.8. The topological polar surface area (TPSA) is 29.5 Å². The number of aryl methyl sites for hydroxylation is 1. The lowest BCUT2D eigenvalue weighted by Crippen LogP contribution is -2.86. The van der Waals surface area contributed by atoms with Gasteiger partial charge in [-0.05, 0) is 69.1 Å². The summed E-state index contributed by atoms with van der Waals surface area (Å²) in [6.07, 6.45) is 7.40. The second-order valence-corrected chi connectivity index (χ2v) is 10.1. The Morgan fingerprint density at radius 3 is 2.85 bits per heavy atom. The second kappa shape index (κ2) is 5.05. The summed E-state index contributed by atoms with van der Waals surface area (Å²) in [4.78, 5) is 14.8. The fourth-order valence-corrected chi connectivity index (χ4v) is 7.01. The average molecular weight is 354 g/mol. The van der Waals surface area contributed by atoms with Crippen molar-refractivity contribution in [3.05, 3.63) is 34.9 Å². The van der Waals surface area contributed by atoms with Crippen LogP contribution in [0.3, 0.4) is 0 Å². The number of amides is 1. The van der Waals surface area contributed by atoms with Crippen LogP contribution >= 0.6 is 0 Å². The number of nitrogens with zero attached hydrogens (tertiary/aromatic N) is 1. The van der Waals surface area contributed by atoms with Crippen molar-refractivity contribution < 1.29 is 9.53 Å². The van der Waals surface area contributed by atoms with E-state index in [0.29, 0.717) is 22.8 Å². The maximum atomic E-state index is 12.8. The lowest BCUT2D eigenvalue weighted by molar-refractivity contribution is -0.254. The summed E-state index contributed by atoms with van der Waals surface area (Å²) in [5.41, 5.74) is 4.88. The van der Waals surface area contributed by atoms with Gasteiger partial charge in [0.2, 0.25) is 0 Å². The molecule has 4 atom stereocenters. The van der Waals surface area contributed by atoms with Gasteiger partial charge < -0.3 is 9.64 Å². The van der Waals surface area contributed by atoms with E-state index in [0.717, 1.165) is 19.4 Å². The van der Waals surface area contributed by atoms with Gasteiger partial charge in [-0.15, -0.1) is 0 Å². The third-order valence-corrected chi connectivity index (χ3v) is 7.79. The van der Waals surface area contributed by atoms with E-state index in [2.05, 4.69) is 30.0 Å². The molecule has 0 bridgehead atoms. The Morgan fingerprint density at radius 2 is 2.12 bits per heavy atom. The highest BCUT2D eigenvalue weighted by Gasteiger charge is 2.82. The smallest absolute Gasteiger partial charge is 0.410 e. The molecule has 1 saturated heterocycles. The number of carbonyl (C=O) groups excluding carboxylic acids is 1. The number of hydrogen-bond acceptors (Lipinski definition) is 2. The second-order valence-electron chi connectivity index (χ2n) is 10.1. The van der Waals surface area contributed by atoms with Gasteiger partial charge >= 0.3 is 6.09 Å². The normalized spacial score (nSPS) is 36.8. The van der Waals surface area contributed by atoms with E-state index in [-0.39, 0.29) is 6.09 Å². The quantitative estimate of drug-likeness (QED) is 0.722. The SMILES string of the molecule is CCc1ccc2c(c1)C13CCCCC1C1N(C(=O)OC(C)(C)C)CC13C2. The summed E-state index contributed by atoms with van der Waals surface area (Å²) in [5, 5.41) is 0. The molecule has 0 radical (unpaired) electrons. The highest BCUT2D eigenvalue weighted by atomic mass is 16.6. The Balaban J connectivity index is 1.51. The number of carbonyl (C=O) groups is 1. The van der Waals surface area contributed by atoms with E-state index in [9.17, 15) is 4.79 Å². The minimum absolute atomic E-state index is 0.0995. The van der Waals surface area contributed by atoms with Crippen LogP contribution in [0.5, 0.6) is 0 Å². The number of benzene rings is 1. The molecule has 3 aliphatic carbocycles. The lowest BCUT2D eigenvalue weighted by atomic mass is 9.33. The molecule has 4 aliphatic rings. The Morgan fingerprint density at radius 1 is 1.31 bits per heavy atom. The van der Waals surface area contributed by atoms with Gasteiger partial charge in [0, 0.05) is 23.4 Å². The van der Waals surface area contributed by atoms with Crippen LogP contribution < -0.4 is 0 Å². The molecule has 3 fully saturated rings. The summed E-state index contributed by atoms with van der Waals surface area (Å²) < 4.78 is 5.72. The number of rotatable bonds is 1. The van der Waals surface area contributed by atoms with Gasteiger partial charge in [-0.2, -0.15) is 0 Å². The van der Waals surface area contributed by atoms with Crippen LogP contribution in [0, 0.1) is 11.3 Å². The zero-order valence-electron chi connectivity index (χ0n) is 16.6. The molecule has 26 heavy (non-hydrogen) atoms. The Labute approximate surface area is 157 Å². The molecule has 3 nitrogen and oxygen atoms in total. The highest BCUT2D eigenvalue weighted by Crippen LogP contribution is 2.77. The predicted octanol–water partition coefficient (Wildman–Crippen LogP) is 4.85. The van der Waals surface area contributed by atoms with Crippen LogP contribution in [0.4, 0.5) is 4.79 Å². The average Bonchev–Trinajstić information content (AvgIpc) is 2.82. The van der Waals surface area contributed by atoms with Crippen LogP contribution in [-0.4, -0.2) is 29.2 Å². The van der Waals surface area contributed by atoms with E-state index in [1.54, 1.807) is 11.1 Å². The number of piperidine rings is 1. The molecule has 4 unspecified atom stereocenters. The number of likely N-dealkylation sites (tertiary alicyclic amines) is 1. The van der Waals surface area contributed by atoms with Gasteiger partial charge in [-0.1, -0.05) is 38.0 Å². The fraction of sp³-hybridized carbons (Fsp3) is 0.696. The molecule has 0 N–H and O–H groups in total. The van der Waals surface area contributed by atoms with E-state index in [4.69, 9.17) is 4.74 Å². The first kappa shape index (κ1) is 16.6. The van der Waals surface area contributed by atoms with Gasteiger partial charge in [0.05, 0.1) is 0 Å². The first-order valence-electron chi connectivity index (χ1n) is 10.4. The summed E-state index contributed by atoms with van der Waals surface area (Å²) in [7, 11) is 0. The summed E-state index contributed by atoms with van der Waals surface area (Å²) in [6.45, 7) is 9.02.